The molecule has 40 heavy (non-hydrogen) atoms. The van der Waals surface area contributed by atoms with Gasteiger partial charge in [0.1, 0.15) is 5.75 Å². The van der Waals surface area contributed by atoms with Crippen molar-refractivity contribution in [1.82, 2.24) is 4.72 Å². The molecular weight excluding hydrogens is 548 g/mol. The third kappa shape index (κ3) is 4.60. The lowest BCUT2D eigenvalue weighted by atomic mass is 9.67. The molecule has 1 spiro atoms. The van der Waals surface area contributed by atoms with E-state index < -0.39 is 21.2 Å². The molecule has 4 bridgehead atoms. The van der Waals surface area contributed by atoms with Crippen molar-refractivity contribution < 1.29 is 23.1 Å². The molecule has 8 rings (SSSR count). The summed E-state index contributed by atoms with van der Waals surface area (Å²) in [4.78, 5) is 15.6. The Labute approximate surface area is 241 Å². The molecule has 3 aliphatic heterocycles. The Morgan fingerprint density at radius 2 is 1.93 bits per heavy atom. The highest BCUT2D eigenvalue weighted by Gasteiger charge is 2.45. The van der Waals surface area contributed by atoms with Crippen LogP contribution in [-0.2, 0) is 21.9 Å². The third-order valence-electron chi connectivity index (χ3n) is 10.5. The fourth-order valence-corrected chi connectivity index (χ4v) is 9.71. The van der Waals surface area contributed by atoms with Crippen molar-refractivity contribution in [2.75, 3.05) is 24.6 Å². The number of nitrogens with zero attached hydrogens (tertiary/aromatic N) is 1. The summed E-state index contributed by atoms with van der Waals surface area (Å²) in [6.07, 6.45) is 7.34. The maximum absolute atomic E-state index is 13.2. The second-order valence-corrected chi connectivity index (χ2v) is 15.3. The second kappa shape index (κ2) is 9.92. The Hall–Kier alpha value is -2.29. The Morgan fingerprint density at radius 1 is 1.07 bits per heavy atom. The number of halogens is 1. The van der Waals surface area contributed by atoms with Gasteiger partial charge >= 0.3 is 0 Å². The van der Waals surface area contributed by atoms with Crippen LogP contribution in [0.5, 0.6) is 5.75 Å². The van der Waals surface area contributed by atoms with E-state index in [-0.39, 0.29) is 23.4 Å². The number of benzene rings is 2. The topological polar surface area (TPSA) is 95.9 Å². The van der Waals surface area contributed by atoms with E-state index in [2.05, 4.69) is 21.8 Å². The van der Waals surface area contributed by atoms with E-state index in [1.165, 1.54) is 11.1 Å². The number of carbonyl (C=O) groups is 1. The summed E-state index contributed by atoms with van der Waals surface area (Å²) in [5, 5.41) is 11.4. The van der Waals surface area contributed by atoms with Crippen molar-refractivity contribution in [3.63, 3.8) is 0 Å². The first kappa shape index (κ1) is 26.6. The van der Waals surface area contributed by atoms with Gasteiger partial charge in [0.05, 0.1) is 23.6 Å². The molecular formula is C31H37ClN2O5S. The average Bonchev–Trinajstić information content (AvgIpc) is 3.01. The molecule has 2 saturated carbocycles. The zero-order chi connectivity index (χ0) is 27.6. The zero-order valence-electron chi connectivity index (χ0n) is 22.6. The number of aryl methyl sites for hydroxylation is 1. The number of carbonyl (C=O) groups excluding carboxylic acids is 1. The number of sulfonamides is 1. The minimum Gasteiger partial charge on any atom is -0.490 e. The molecule has 0 unspecified atom stereocenters. The molecule has 2 aromatic carbocycles. The standard InChI is InChI=1S/C31H37ClN2O5S/c32-23-6-8-26-20(14-23)2-1-11-31(26)17-34-16-22-4-7-25(22)28(35)9-3-19-12-24(13-19)40(37,38)33-30(36)21-5-10-29(39-18-31)27(34)15-21/h5-6,8,10,14-15,19,22,24-25,28,35H,1-4,7,9,11-13,16-18H2,(H,33,36)/t19-,22-,24+,25+,28-,31-/m0/s1. The van der Waals surface area contributed by atoms with Gasteiger partial charge in [-0.3, -0.25) is 4.79 Å². The van der Waals surface area contributed by atoms with Crippen LogP contribution in [0.3, 0.4) is 0 Å². The van der Waals surface area contributed by atoms with Gasteiger partial charge in [-0.2, -0.15) is 0 Å². The molecule has 9 heteroatoms. The van der Waals surface area contributed by atoms with Crippen LogP contribution >= 0.6 is 11.6 Å². The van der Waals surface area contributed by atoms with E-state index >= 15 is 0 Å². The van der Waals surface area contributed by atoms with Crippen LogP contribution in [-0.4, -0.2) is 50.5 Å². The summed E-state index contributed by atoms with van der Waals surface area (Å²) in [5.41, 5.74) is 3.44. The minimum absolute atomic E-state index is 0.233. The molecule has 2 N–H and O–H groups in total. The van der Waals surface area contributed by atoms with Crippen LogP contribution < -0.4 is 14.4 Å². The van der Waals surface area contributed by atoms with Gasteiger partial charge < -0.3 is 14.7 Å². The molecule has 0 saturated heterocycles. The Morgan fingerprint density at radius 3 is 2.73 bits per heavy atom. The molecule has 0 aromatic heterocycles. The van der Waals surface area contributed by atoms with Crippen LogP contribution in [0.1, 0.15) is 72.9 Å². The highest BCUT2D eigenvalue weighted by Crippen LogP contribution is 2.47. The number of aliphatic hydroxyl groups excluding tert-OH is 1. The molecule has 3 heterocycles. The molecule has 2 aromatic rings. The number of ether oxygens (including phenoxy) is 1. The number of rotatable bonds is 0. The molecule has 7 nitrogen and oxygen atoms in total. The summed E-state index contributed by atoms with van der Waals surface area (Å²) in [6, 6.07) is 11.5. The van der Waals surface area contributed by atoms with Crippen LogP contribution in [0.25, 0.3) is 0 Å². The quantitative estimate of drug-likeness (QED) is 0.460. The van der Waals surface area contributed by atoms with Crippen LogP contribution in [0.2, 0.25) is 5.02 Å². The van der Waals surface area contributed by atoms with Gasteiger partial charge in [-0.15, -0.1) is 0 Å². The highest BCUT2D eigenvalue weighted by atomic mass is 35.5. The number of nitrogens with one attached hydrogen (secondary N) is 1. The summed E-state index contributed by atoms with van der Waals surface area (Å²) in [5.74, 6) is 0.987. The third-order valence-corrected chi connectivity index (χ3v) is 12.4. The van der Waals surface area contributed by atoms with E-state index in [0.717, 1.165) is 62.3 Å². The number of hydrogen-bond acceptors (Lipinski definition) is 6. The predicted octanol–water partition coefficient (Wildman–Crippen LogP) is 4.83. The molecule has 214 valence electrons. The molecule has 3 aliphatic carbocycles. The first-order valence-electron chi connectivity index (χ1n) is 14.8. The summed E-state index contributed by atoms with van der Waals surface area (Å²) < 4.78 is 34.8. The highest BCUT2D eigenvalue weighted by molar-refractivity contribution is 7.90. The van der Waals surface area contributed by atoms with E-state index in [0.29, 0.717) is 43.1 Å². The Bertz CT molecular complexity index is 1440. The van der Waals surface area contributed by atoms with Crippen LogP contribution in [0.15, 0.2) is 36.4 Å². The molecule has 0 radical (unpaired) electrons. The van der Waals surface area contributed by atoms with E-state index in [9.17, 15) is 18.3 Å². The van der Waals surface area contributed by atoms with Crippen molar-refractivity contribution >= 4 is 33.2 Å². The summed E-state index contributed by atoms with van der Waals surface area (Å²) in [7, 11) is -3.76. The second-order valence-electron chi connectivity index (χ2n) is 12.9. The van der Waals surface area contributed by atoms with Gasteiger partial charge in [-0.1, -0.05) is 17.7 Å². The monoisotopic (exact) mass is 584 g/mol. The summed E-state index contributed by atoms with van der Waals surface area (Å²) >= 11 is 6.38. The van der Waals surface area contributed by atoms with Gasteiger partial charge in [0.25, 0.3) is 5.91 Å². The zero-order valence-corrected chi connectivity index (χ0v) is 24.2. The first-order chi connectivity index (χ1) is 19.2. The van der Waals surface area contributed by atoms with Crippen molar-refractivity contribution in [2.45, 2.75) is 74.6 Å². The number of aliphatic hydroxyl groups is 1. The van der Waals surface area contributed by atoms with E-state index in [1.54, 1.807) is 12.1 Å². The number of fused-ring (bicyclic) bond motifs is 6. The normalized spacial score (nSPS) is 34.7. The van der Waals surface area contributed by atoms with Crippen molar-refractivity contribution in [2.24, 2.45) is 17.8 Å². The van der Waals surface area contributed by atoms with Gasteiger partial charge in [0, 0.05) is 29.1 Å². The fourth-order valence-electron chi connectivity index (χ4n) is 7.92. The molecule has 1 amide bonds. The first-order valence-corrected chi connectivity index (χ1v) is 16.7. The SMILES string of the molecule is O=C1NS(=O)(=O)[C@H]2C[C@@H](CC[C@H](O)[C@@H]3CC[C@H]3CN3C[C@@]4(CCCc5cc(Cl)ccc54)COc4ccc1cc43)C2. The number of amides is 1. The lowest BCUT2D eigenvalue weighted by Crippen LogP contribution is -2.50. The Kier molecular flexibility index (Phi) is 6.59. The smallest absolute Gasteiger partial charge is 0.264 e. The lowest BCUT2D eigenvalue weighted by molar-refractivity contribution is 0.00480. The van der Waals surface area contributed by atoms with Crippen LogP contribution in [0, 0.1) is 17.8 Å². The molecule has 2 fully saturated rings. The minimum atomic E-state index is -3.76. The maximum Gasteiger partial charge on any atom is 0.264 e. The molecule has 4 atom stereocenters. The number of anilines is 1. The van der Waals surface area contributed by atoms with Crippen molar-refractivity contribution in [1.29, 1.82) is 0 Å². The van der Waals surface area contributed by atoms with Gasteiger partial charge in [-0.25, -0.2) is 13.1 Å². The predicted molar refractivity (Wildman–Crippen MR) is 155 cm³/mol. The summed E-state index contributed by atoms with van der Waals surface area (Å²) in [6.45, 7) is 2.00. The maximum atomic E-state index is 13.2. The lowest BCUT2D eigenvalue weighted by Gasteiger charge is -2.46. The average molecular weight is 585 g/mol. The van der Waals surface area contributed by atoms with E-state index in [1.807, 2.05) is 12.1 Å². The van der Waals surface area contributed by atoms with Gasteiger partial charge in [-0.05, 0) is 117 Å². The van der Waals surface area contributed by atoms with Gasteiger partial charge in [0.15, 0.2) is 0 Å². The van der Waals surface area contributed by atoms with Crippen molar-refractivity contribution in [3.8, 4) is 5.75 Å². The Balaban J connectivity index is 1.28. The van der Waals surface area contributed by atoms with Crippen LogP contribution in [0.4, 0.5) is 5.69 Å². The van der Waals surface area contributed by atoms with Gasteiger partial charge in [0.2, 0.25) is 10.0 Å². The largest absolute Gasteiger partial charge is 0.490 e. The van der Waals surface area contributed by atoms with Crippen molar-refractivity contribution in [3.05, 3.63) is 58.1 Å². The fraction of sp³-hybridized carbons (Fsp3) is 0.581. The molecule has 6 aliphatic rings. The van der Waals surface area contributed by atoms with E-state index in [4.69, 9.17) is 16.3 Å². The number of hydrogen-bond donors (Lipinski definition) is 2.